The van der Waals surface area contributed by atoms with Crippen molar-refractivity contribution in [1.29, 1.82) is 0 Å². The van der Waals surface area contributed by atoms with Gasteiger partial charge in [0.1, 0.15) is 6.04 Å². The molecule has 1 aliphatic rings. The Morgan fingerprint density at radius 2 is 1.91 bits per heavy atom. The Labute approximate surface area is 128 Å². The quantitative estimate of drug-likeness (QED) is 0.785. The molecule has 0 aliphatic carbocycles. The molecule has 22 heavy (non-hydrogen) atoms. The van der Waals surface area contributed by atoms with Crippen LogP contribution < -0.4 is 11.1 Å². The molecule has 3 amide bonds. The summed E-state index contributed by atoms with van der Waals surface area (Å²) in [6.45, 7) is 2.42. The summed E-state index contributed by atoms with van der Waals surface area (Å²) in [6, 6.07) is 4.73. The number of nitrogens with one attached hydrogen (secondary N) is 1. The summed E-state index contributed by atoms with van der Waals surface area (Å²) in [5.74, 6) is -1.01. The Balaban J connectivity index is 2.15. The summed E-state index contributed by atoms with van der Waals surface area (Å²) in [4.78, 5) is 36.0. The van der Waals surface area contributed by atoms with Crippen molar-refractivity contribution < 1.29 is 19.5 Å². The number of hydrogen-bond acceptors (Lipinski definition) is 3. The van der Waals surface area contributed by atoms with Crippen LogP contribution in [0.3, 0.4) is 0 Å². The van der Waals surface area contributed by atoms with Crippen molar-refractivity contribution in [2.24, 2.45) is 11.7 Å². The molecule has 0 saturated carbocycles. The van der Waals surface area contributed by atoms with Gasteiger partial charge in [-0.15, -0.1) is 0 Å². The normalized spacial score (nSPS) is 21.2. The van der Waals surface area contributed by atoms with Gasteiger partial charge in [0, 0.05) is 17.8 Å². The van der Waals surface area contributed by atoms with E-state index in [1.165, 1.54) is 4.90 Å². The van der Waals surface area contributed by atoms with Gasteiger partial charge in [-0.05, 0) is 43.0 Å². The van der Waals surface area contributed by atoms with Gasteiger partial charge in [-0.3, -0.25) is 4.79 Å². The van der Waals surface area contributed by atoms with Crippen molar-refractivity contribution in [3.63, 3.8) is 0 Å². The SMILES string of the molecule is CC1CCN(C(=O)c2ccc(NC(N)=O)cc2)C(C(=O)O)C1. The van der Waals surface area contributed by atoms with Gasteiger partial charge in [0.05, 0.1) is 0 Å². The molecule has 1 fully saturated rings. The Morgan fingerprint density at radius 1 is 1.27 bits per heavy atom. The number of urea groups is 1. The van der Waals surface area contributed by atoms with Crippen LogP contribution in [0.5, 0.6) is 0 Å². The number of amides is 3. The van der Waals surface area contributed by atoms with Crippen LogP contribution in [-0.2, 0) is 4.79 Å². The molecule has 118 valence electrons. The summed E-state index contributed by atoms with van der Waals surface area (Å²) in [7, 11) is 0. The van der Waals surface area contributed by atoms with Gasteiger partial charge < -0.3 is 21.1 Å². The molecule has 0 spiro atoms. The third-order valence-electron chi connectivity index (χ3n) is 3.81. The smallest absolute Gasteiger partial charge is 0.326 e. The summed E-state index contributed by atoms with van der Waals surface area (Å²) in [5, 5.41) is 11.7. The summed E-state index contributed by atoms with van der Waals surface area (Å²) in [6.07, 6.45) is 1.25. The number of carbonyl (C=O) groups excluding carboxylic acids is 2. The predicted octanol–water partition coefficient (Wildman–Crippen LogP) is 1.50. The van der Waals surface area contributed by atoms with E-state index in [1.54, 1.807) is 24.3 Å². The average molecular weight is 305 g/mol. The highest BCUT2D eigenvalue weighted by Crippen LogP contribution is 2.24. The number of aliphatic carboxylic acids is 1. The van der Waals surface area contributed by atoms with Gasteiger partial charge in [0.2, 0.25) is 0 Å². The van der Waals surface area contributed by atoms with Gasteiger partial charge in [-0.1, -0.05) is 6.92 Å². The molecular weight excluding hydrogens is 286 g/mol. The maximum atomic E-state index is 12.5. The molecule has 4 N–H and O–H groups in total. The predicted molar refractivity (Wildman–Crippen MR) is 80.5 cm³/mol. The highest BCUT2D eigenvalue weighted by Gasteiger charge is 2.35. The summed E-state index contributed by atoms with van der Waals surface area (Å²) >= 11 is 0. The fourth-order valence-electron chi connectivity index (χ4n) is 2.62. The Morgan fingerprint density at radius 3 is 2.45 bits per heavy atom. The van der Waals surface area contributed by atoms with Crippen molar-refractivity contribution >= 4 is 23.6 Å². The Kier molecular flexibility index (Phi) is 4.65. The van der Waals surface area contributed by atoms with Gasteiger partial charge in [0.25, 0.3) is 5.91 Å². The molecule has 1 heterocycles. The third kappa shape index (κ3) is 3.55. The molecule has 7 heteroatoms. The van der Waals surface area contributed by atoms with Gasteiger partial charge in [0.15, 0.2) is 0 Å². The summed E-state index contributed by atoms with van der Waals surface area (Å²) in [5.41, 5.74) is 5.88. The lowest BCUT2D eigenvalue weighted by Crippen LogP contribution is -2.49. The second-order valence-electron chi connectivity index (χ2n) is 5.55. The van der Waals surface area contributed by atoms with Crippen LogP contribution in [0.15, 0.2) is 24.3 Å². The van der Waals surface area contributed by atoms with Crippen molar-refractivity contribution in [2.75, 3.05) is 11.9 Å². The van der Waals surface area contributed by atoms with Crippen LogP contribution >= 0.6 is 0 Å². The Bertz CT molecular complexity index is 585. The molecule has 1 aromatic carbocycles. The first-order valence-corrected chi connectivity index (χ1v) is 7.08. The lowest BCUT2D eigenvalue weighted by molar-refractivity contribution is -0.144. The van der Waals surface area contributed by atoms with Crippen LogP contribution in [-0.4, -0.2) is 40.5 Å². The minimum atomic E-state index is -0.980. The molecule has 0 radical (unpaired) electrons. The number of primary amides is 1. The Hall–Kier alpha value is -2.57. The standard InChI is InChI=1S/C15H19N3O4/c1-9-6-7-18(12(8-9)14(20)21)13(19)10-2-4-11(5-3-10)17-15(16)22/h2-5,9,12H,6-8H2,1H3,(H,20,21)(H3,16,17,22). The number of nitrogens with two attached hydrogens (primary N) is 1. The van der Waals surface area contributed by atoms with E-state index < -0.39 is 18.0 Å². The van der Waals surface area contributed by atoms with E-state index in [9.17, 15) is 19.5 Å². The first-order chi connectivity index (χ1) is 10.4. The third-order valence-corrected chi connectivity index (χ3v) is 3.81. The number of hydrogen-bond donors (Lipinski definition) is 3. The van der Waals surface area contributed by atoms with Gasteiger partial charge in [-0.25, -0.2) is 9.59 Å². The van der Waals surface area contributed by atoms with Gasteiger partial charge in [-0.2, -0.15) is 0 Å². The lowest BCUT2D eigenvalue weighted by atomic mass is 9.92. The zero-order valence-corrected chi connectivity index (χ0v) is 12.3. The number of carboxylic acids is 1. The topological polar surface area (TPSA) is 113 Å². The van der Waals surface area contributed by atoms with E-state index in [1.807, 2.05) is 6.92 Å². The van der Waals surface area contributed by atoms with Crippen molar-refractivity contribution in [1.82, 2.24) is 4.90 Å². The van der Waals surface area contributed by atoms with E-state index in [0.717, 1.165) is 6.42 Å². The molecule has 2 atom stereocenters. The summed E-state index contributed by atoms with van der Waals surface area (Å²) < 4.78 is 0. The number of carboxylic acid groups (broad SMARTS) is 1. The second kappa shape index (κ2) is 6.46. The molecule has 1 saturated heterocycles. The number of nitrogens with zero attached hydrogens (tertiary/aromatic N) is 1. The van der Waals surface area contributed by atoms with E-state index >= 15 is 0 Å². The molecule has 1 aromatic rings. The highest BCUT2D eigenvalue weighted by atomic mass is 16.4. The van der Waals surface area contributed by atoms with E-state index in [0.29, 0.717) is 24.2 Å². The largest absolute Gasteiger partial charge is 0.480 e. The van der Waals surface area contributed by atoms with Crippen LogP contribution in [0.25, 0.3) is 0 Å². The molecule has 7 nitrogen and oxygen atoms in total. The van der Waals surface area contributed by atoms with Crippen molar-refractivity contribution in [3.8, 4) is 0 Å². The zero-order chi connectivity index (χ0) is 16.3. The van der Waals surface area contributed by atoms with Gasteiger partial charge >= 0.3 is 12.0 Å². The number of piperidine rings is 1. The first kappa shape index (κ1) is 15.8. The first-order valence-electron chi connectivity index (χ1n) is 7.08. The van der Waals surface area contributed by atoms with Crippen LogP contribution in [0.2, 0.25) is 0 Å². The maximum Gasteiger partial charge on any atom is 0.326 e. The fraction of sp³-hybridized carbons (Fsp3) is 0.400. The molecule has 0 aromatic heterocycles. The maximum absolute atomic E-state index is 12.5. The highest BCUT2D eigenvalue weighted by molar-refractivity contribution is 5.97. The molecular formula is C15H19N3O4. The monoisotopic (exact) mass is 305 g/mol. The number of benzene rings is 1. The van der Waals surface area contributed by atoms with E-state index in [2.05, 4.69) is 5.32 Å². The second-order valence-corrected chi connectivity index (χ2v) is 5.55. The van der Waals surface area contributed by atoms with E-state index in [4.69, 9.17) is 5.73 Å². The van der Waals surface area contributed by atoms with Crippen LogP contribution in [0, 0.1) is 5.92 Å². The minimum absolute atomic E-state index is 0.285. The molecule has 2 rings (SSSR count). The number of rotatable bonds is 3. The van der Waals surface area contributed by atoms with E-state index in [-0.39, 0.29) is 11.8 Å². The average Bonchev–Trinajstić information content (AvgIpc) is 2.46. The van der Waals surface area contributed by atoms with Crippen LogP contribution in [0.4, 0.5) is 10.5 Å². The van der Waals surface area contributed by atoms with Crippen LogP contribution in [0.1, 0.15) is 30.1 Å². The van der Waals surface area contributed by atoms with Crippen molar-refractivity contribution in [3.05, 3.63) is 29.8 Å². The minimum Gasteiger partial charge on any atom is -0.480 e. The molecule has 0 bridgehead atoms. The number of anilines is 1. The molecule has 1 aliphatic heterocycles. The number of likely N-dealkylation sites (tertiary alicyclic amines) is 1. The zero-order valence-electron chi connectivity index (χ0n) is 12.3. The lowest BCUT2D eigenvalue weighted by Gasteiger charge is -2.36. The fourth-order valence-corrected chi connectivity index (χ4v) is 2.62. The number of carbonyl (C=O) groups is 3. The molecule has 2 unspecified atom stereocenters. The van der Waals surface area contributed by atoms with Crippen molar-refractivity contribution in [2.45, 2.75) is 25.8 Å².